The van der Waals surface area contributed by atoms with Gasteiger partial charge in [0, 0.05) is 0 Å². The summed E-state index contributed by atoms with van der Waals surface area (Å²) in [5.41, 5.74) is 1.19. The Morgan fingerprint density at radius 3 is 2.57 bits per heavy atom. The molecule has 7 heavy (non-hydrogen) atoms. The van der Waals surface area contributed by atoms with Crippen LogP contribution in [0.2, 0.25) is 0 Å². The van der Waals surface area contributed by atoms with Crippen molar-refractivity contribution < 1.29 is 0 Å². The SMILES string of the molecule is C=C(C)C/C=[C]/C. The molecule has 0 atom stereocenters. The average molecular weight is 95.2 g/mol. The molecule has 0 spiro atoms. The van der Waals surface area contributed by atoms with Crippen molar-refractivity contribution in [2.45, 2.75) is 20.3 Å². The van der Waals surface area contributed by atoms with Gasteiger partial charge < -0.3 is 0 Å². The Morgan fingerprint density at radius 1 is 1.86 bits per heavy atom. The highest BCUT2D eigenvalue weighted by Gasteiger charge is 1.73. The van der Waals surface area contributed by atoms with Gasteiger partial charge in [-0.2, -0.15) is 0 Å². The topological polar surface area (TPSA) is 0 Å². The van der Waals surface area contributed by atoms with E-state index in [9.17, 15) is 0 Å². The first-order valence-corrected chi connectivity index (χ1v) is 2.40. The van der Waals surface area contributed by atoms with Crippen molar-refractivity contribution in [3.8, 4) is 0 Å². The zero-order chi connectivity index (χ0) is 5.70. The molecular weight excluding hydrogens is 84.1 g/mol. The van der Waals surface area contributed by atoms with E-state index in [4.69, 9.17) is 0 Å². The first kappa shape index (κ1) is 6.48. The van der Waals surface area contributed by atoms with Gasteiger partial charge in [-0.15, -0.1) is 0 Å². The van der Waals surface area contributed by atoms with Gasteiger partial charge in [0.1, 0.15) is 0 Å². The maximum atomic E-state index is 3.72. The van der Waals surface area contributed by atoms with E-state index in [0.29, 0.717) is 0 Å². The second-order valence-corrected chi connectivity index (χ2v) is 1.65. The van der Waals surface area contributed by atoms with Crippen molar-refractivity contribution in [1.29, 1.82) is 0 Å². The Bertz CT molecular complexity index is 78.0. The molecule has 0 aliphatic heterocycles. The normalized spacial score (nSPS) is 10.0. The van der Waals surface area contributed by atoms with Gasteiger partial charge in [-0.05, 0) is 20.3 Å². The lowest BCUT2D eigenvalue weighted by molar-refractivity contribution is 1.21. The molecule has 0 bridgehead atoms. The number of allylic oxidation sites excluding steroid dienone is 3. The minimum absolute atomic E-state index is 0.969. The molecule has 0 unspecified atom stereocenters. The molecule has 0 nitrogen and oxygen atoms in total. The molecule has 0 saturated heterocycles. The molecule has 0 fully saturated rings. The van der Waals surface area contributed by atoms with Gasteiger partial charge in [-0.3, -0.25) is 0 Å². The predicted molar refractivity (Wildman–Crippen MR) is 32.9 cm³/mol. The molecule has 0 aromatic rings. The fourth-order valence-electron chi connectivity index (χ4n) is 0.276. The van der Waals surface area contributed by atoms with Crippen molar-refractivity contribution in [3.63, 3.8) is 0 Å². The van der Waals surface area contributed by atoms with E-state index in [1.165, 1.54) is 5.57 Å². The molecule has 1 radical (unpaired) electrons. The van der Waals surface area contributed by atoms with Crippen molar-refractivity contribution in [2.24, 2.45) is 0 Å². The lowest BCUT2D eigenvalue weighted by Gasteiger charge is -1.84. The first-order chi connectivity index (χ1) is 3.27. The molecule has 0 aromatic carbocycles. The first-order valence-electron chi connectivity index (χ1n) is 2.40. The summed E-state index contributed by atoms with van der Waals surface area (Å²) in [7, 11) is 0. The fraction of sp³-hybridized carbons (Fsp3) is 0.429. The molecule has 0 saturated carbocycles. The van der Waals surface area contributed by atoms with E-state index in [-0.39, 0.29) is 0 Å². The minimum atomic E-state index is 0.969. The lowest BCUT2D eigenvalue weighted by atomic mass is 10.2. The number of hydrogen-bond acceptors (Lipinski definition) is 0. The van der Waals surface area contributed by atoms with Gasteiger partial charge >= 0.3 is 0 Å². The zero-order valence-corrected chi connectivity index (χ0v) is 4.99. The van der Waals surface area contributed by atoms with E-state index < -0.39 is 0 Å². The van der Waals surface area contributed by atoms with E-state index in [1.54, 1.807) is 0 Å². The fourth-order valence-corrected chi connectivity index (χ4v) is 0.276. The maximum Gasteiger partial charge on any atom is -0.0138 e. The van der Waals surface area contributed by atoms with E-state index in [2.05, 4.69) is 12.7 Å². The summed E-state index contributed by atoms with van der Waals surface area (Å²) in [6, 6.07) is 0. The monoisotopic (exact) mass is 95.1 g/mol. The van der Waals surface area contributed by atoms with Gasteiger partial charge in [0.25, 0.3) is 0 Å². The molecule has 0 aromatic heterocycles. The van der Waals surface area contributed by atoms with Crippen LogP contribution in [-0.4, -0.2) is 0 Å². The molecule has 0 heterocycles. The van der Waals surface area contributed by atoms with Gasteiger partial charge in [0.15, 0.2) is 0 Å². The third-order valence-corrected chi connectivity index (χ3v) is 0.655. The predicted octanol–water partition coefficient (Wildman–Crippen LogP) is 2.33. The van der Waals surface area contributed by atoms with Crippen LogP contribution in [0.3, 0.4) is 0 Å². The quantitative estimate of drug-likeness (QED) is 0.462. The maximum absolute atomic E-state index is 3.72. The van der Waals surface area contributed by atoms with Crippen LogP contribution in [0.1, 0.15) is 20.3 Å². The van der Waals surface area contributed by atoms with E-state index in [1.807, 2.05) is 19.9 Å². The third kappa shape index (κ3) is 5.48. The van der Waals surface area contributed by atoms with Gasteiger partial charge in [-0.1, -0.05) is 24.3 Å². The van der Waals surface area contributed by atoms with Crippen LogP contribution in [0, 0.1) is 6.08 Å². The largest absolute Gasteiger partial charge is 0.0998 e. The number of hydrogen-bond donors (Lipinski definition) is 0. The standard InChI is InChI=1S/C7H11/c1-4-5-6-7(2)3/h5H,2,6H2,1,3H3. The van der Waals surface area contributed by atoms with Crippen LogP contribution in [0.4, 0.5) is 0 Å². The second kappa shape index (κ2) is 3.66. The molecule has 0 heteroatoms. The van der Waals surface area contributed by atoms with Crippen molar-refractivity contribution >= 4 is 0 Å². The second-order valence-electron chi connectivity index (χ2n) is 1.65. The van der Waals surface area contributed by atoms with Gasteiger partial charge in [0.05, 0.1) is 0 Å². The Balaban J connectivity index is 3.14. The lowest BCUT2D eigenvalue weighted by Crippen LogP contribution is -1.64. The smallest absolute Gasteiger partial charge is 0.0138 e. The van der Waals surface area contributed by atoms with Gasteiger partial charge in [0.2, 0.25) is 0 Å². The Morgan fingerprint density at radius 2 is 2.43 bits per heavy atom. The Kier molecular flexibility index (Phi) is 3.39. The van der Waals surface area contributed by atoms with Crippen LogP contribution >= 0.6 is 0 Å². The van der Waals surface area contributed by atoms with Crippen molar-refractivity contribution in [1.82, 2.24) is 0 Å². The van der Waals surface area contributed by atoms with Crippen LogP contribution < -0.4 is 0 Å². The summed E-state index contributed by atoms with van der Waals surface area (Å²) in [6.07, 6.45) is 5.86. The Hall–Kier alpha value is -0.520. The van der Waals surface area contributed by atoms with E-state index in [0.717, 1.165) is 6.42 Å². The summed E-state index contributed by atoms with van der Waals surface area (Å²) in [6.45, 7) is 7.62. The molecular formula is C7H11. The summed E-state index contributed by atoms with van der Waals surface area (Å²) < 4.78 is 0. The zero-order valence-electron chi connectivity index (χ0n) is 4.99. The van der Waals surface area contributed by atoms with Crippen LogP contribution in [0.25, 0.3) is 0 Å². The summed E-state index contributed by atoms with van der Waals surface area (Å²) in [5, 5.41) is 0. The average Bonchev–Trinajstić information content (AvgIpc) is 1.61. The molecule has 0 aliphatic carbocycles. The molecule has 39 valence electrons. The number of rotatable bonds is 2. The van der Waals surface area contributed by atoms with E-state index >= 15 is 0 Å². The highest BCUT2D eigenvalue weighted by Crippen LogP contribution is 1.93. The van der Waals surface area contributed by atoms with Crippen LogP contribution in [-0.2, 0) is 0 Å². The molecule has 0 amide bonds. The molecule has 0 rings (SSSR count). The Labute approximate surface area is 45.5 Å². The van der Waals surface area contributed by atoms with Gasteiger partial charge in [-0.25, -0.2) is 0 Å². The molecule has 0 aliphatic rings. The summed E-state index contributed by atoms with van der Waals surface area (Å²) in [5.74, 6) is 0. The molecule has 0 N–H and O–H groups in total. The van der Waals surface area contributed by atoms with Crippen molar-refractivity contribution in [2.75, 3.05) is 0 Å². The summed E-state index contributed by atoms with van der Waals surface area (Å²) in [4.78, 5) is 0. The highest BCUT2D eigenvalue weighted by molar-refractivity contribution is 4.95. The van der Waals surface area contributed by atoms with Crippen LogP contribution in [0.15, 0.2) is 18.2 Å². The van der Waals surface area contributed by atoms with Crippen molar-refractivity contribution in [3.05, 3.63) is 24.3 Å². The third-order valence-electron chi connectivity index (χ3n) is 0.655. The summed E-state index contributed by atoms with van der Waals surface area (Å²) >= 11 is 0. The minimum Gasteiger partial charge on any atom is -0.0998 e. The highest BCUT2D eigenvalue weighted by atomic mass is 13.8. The van der Waals surface area contributed by atoms with Crippen LogP contribution in [0.5, 0.6) is 0 Å².